The highest BCUT2D eigenvalue weighted by molar-refractivity contribution is 5.85. The minimum absolute atomic E-state index is 0. The maximum Gasteiger partial charge on any atom is 0.226 e. The quantitative estimate of drug-likeness (QED) is 0.917. The Morgan fingerprint density at radius 2 is 1.83 bits per heavy atom. The number of benzene rings is 1. The lowest BCUT2D eigenvalue weighted by molar-refractivity contribution is -0.136. The zero-order valence-electron chi connectivity index (χ0n) is 13.8. The molecule has 23 heavy (non-hydrogen) atoms. The summed E-state index contributed by atoms with van der Waals surface area (Å²) >= 11 is 0. The summed E-state index contributed by atoms with van der Waals surface area (Å²) in [6.07, 6.45) is 6.74. The molecular weight excluding hydrogens is 308 g/mol. The molecule has 1 unspecified atom stereocenters. The molecule has 1 heterocycles. The summed E-state index contributed by atoms with van der Waals surface area (Å²) in [6.45, 7) is 2.50. The van der Waals surface area contributed by atoms with Gasteiger partial charge in [0.05, 0.1) is 0 Å². The fourth-order valence-corrected chi connectivity index (χ4v) is 4.25. The van der Waals surface area contributed by atoms with E-state index in [-0.39, 0.29) is 18.3 Å². The molecule has 2 fully saturated rings. The average molecular weight is 337 g/mol. The number of carbonyl (C=O) groups is 1. The Hall–Kier alpha value is -1.06. The van der Waals surface area contributed by atoms with Gasteiger partial charge in [-0.1, -0.05) is 36.8 Å². The summed E-state index contributed by atoms with van der Waals surface area (Å²) < 4.78 is 0. The van der Waals surface area contributed by atoms with Gasteiger partial charge in [0.15, 0.2) is 0 Å². The number of likely N-dealkylation sites (tertiary alicyclic amines) is 1. The van der Waals surface area contributed by atoms with Crippen LogP contribution in [0.25, 0.3) is 0 Å². The topological polar surface area (TPSA) is 46.3 Å². The van der Waals surface area contributed by atoms with Crippen molar-refractivity contribution in [1.29, 1.82) is 0 Å². The van der Waals surface area contributed by atoms with E-state index in [0.717, 1.165) is 38.8 Å². The maximum atomic E-state index is 12.8. The normalized spacial score (nSPS) is 28.0. The molecule has 1 saturated carbocycles. The fourth-order valence-electron chi connectivity index (χ4n) is 4.25. The second kappa shape index (κ2) is 8.70. The smallest absolute Gasteiger partial charge is 0.226 e. The van der Waals surface area contributed by atoms with Crippen LogP contribution in [0.3, 0.4) is 0 Å². The highest BCUT2D eigenvalue weighted by atomic mass is 35.5. The molecule has 0 spiro atoms. The Morgan fingerprint density at radius 1 is 1.04 bits per heavy atom. The molecule has 3 atom stereocenters. The second-order valence-electron chi connectivity index (χ2n) is 6.90. The average Bonchev–Trinajstić information content (AvgIpc) is 2.91. The van der Waals surface area contributed by atoms with E-state index in [2.05, 4.69) is 35.2 Å². The van der Waals surface area contributed by atoms with E-state index < -0.39 is 0 Å². The molecule has 1 aromatic carbocycles. The van der Waals surface area contributed by atoms with E-state index in [1.807, 2.05) is 0 Å². The fraction of sp³-hybridized carbons (Fsp3) is 0.632. The van der Waals surface area contributed by atoms with Gasteiger partial charge in [0, 0.05) is 19.0 Å². The second-order valence-corrected chi connectivity index (χ2v) is 6.90. The number of hydrogen-bond acceptors (Lipinski definition) is 2. The van der Waals surface area contributed by atoms with Crippen molar-refractivity contribution in [2.24, 2.45) is 17.6 Å². The predicted octanol–water partition coefficient (Wildman–Crippen LogP) is 3.58. The Labute approximate surface area is 146 Å². The summed E-state index contributed by atoms with van der Waals surface area (Å²) in [6, 6.07) is 10.8. The number of carbonyl (C=O) groups excluding carboxylic acids is 1. The van der Waals surface area contributed by atoms with Crippen molar-refractivity contribution in [3.05, 3.63) is 35.9 Å². The molecule has 0 aromatic heterocycles. The standard InChI is InChI=1S/C19H28N2O.ClH/c20-14-17-8-4-10-18(17)19(22)21-12-5-9-16(11-13-21)15-6-2-1-3-7-15;/h1-3,6-7,16-18H,4-5,8-14,20H2;1H/t16?,17-,18-;/m1./s1. The van der Waals surface area contributed by atoms with E-state index in [9.17, 15) is 4.79 Å². The van der Waals surface area contributed by atoms with E-state index >= 15 is 0 Å². The molecule has 0 radical (unpaired) electrons. The van der Waals surface area contributed by atoms with Gasteiger partial charge >= 0.3 is 0 Å². The minimum atomic E-state index is 0. The van der Waals surface area contributed by atoms with Crippen molar-refractivity contribution in [2.45, 2.75) is 44.4 Å². The molecule has 1 aliphatic heterocycles. The molecule has 3 rings (SSSR count). The van der Waals surface area contributed by atoms with Crippen LogP contribution >= 0.6 is 12.4 Å². The highest BCUT2D eigenvalue weighted by Crippen LogP contribution is 2.34. The van der Waals surface area contributed by atoms with Crippen LogP contribution in [-0.2, 0) is 4.79 Å². The van der Waals surface area contributed by atoms with Crippen LogP contribution in [-0.4, -0.2) is 30.4 Å². The molecule has 2 aliphatic rings. The van der Waals surface area contributed by atoms with Gasteiger partial charge in [-0.25, -0.2) is 0 Å². The lowest BCUT2D eigenvalue weighted by atomic mass is 9.92. The van der Waals surface area contributed by atoms with Crippen LogP contribution in [0.4, 0.5) is 0 Å². The molecule has 1 aliphatic carbocycles. The molecule has 1 saturated heterocycles. The van der Waals surface area contributed by atoms with Crippen LogP contribution in [0.2, 0.25) is 0 Å². The van der Waals surface area contributed by atoms with Gasteiger partial charge in [0.25, 0.3) is 0 Å². The summed E-state index contributed by atoms with van der Waals surface area (Å²) in [5, 5.41) is 0. The molecule has 1 aromatic rings. The van der Waals surface area contributed by atoms with Crippen molar-refractivity contribution < 1.29 is 4.79 Å². The van der Waals surface area contributed by atoms with Crippen LogP contribution < -0.4 is 5.73 Å². The number of halogens is 1. The van der Waals surface area contributed by atoms with Gasteiger partial charge in [-0.3, -0.25) is 4.79 Å². The number of rotatable bonds is 3. The van der Waals surface area contributed by atoms with E-state index in [0.29, 0.717) is 24.3 Å². The Morgan fingerprint density at radius 3 is 2.57 bits per heavy atom. The third-order valence-corrected chi connectivity index (χ3v) is 5.59. The third kappa shape index (κ3) is 4.27. The molecule has 1 amide bonds. The van der Waals surface area contributed by atoms with Gasteiger partial charge in [-0.05, 0) is 56.0 Å². The highest BCUT2D eigenvalue weighted by Gasteiger charge is 2.35. The zero-order chi connectivity index (χ0) is 15.4. The van der Waals surface area contributed by atoms with Gasteiger partial charge < -0.3 is 10.6 Å². The van der Waals surface area contributed by atoms with E-state index in [1.54, 1.807) is 0 Å². The lowest BCUT2D eigenvalue weighted by Gasteiger charge is -2.27. The van der Waals surface area contributed by atoms with Gasteiger partial charge in [-0.15, -0.1) is 12.4 Å². The van der Waals surface area contributed by atoms with Crippen LogP contribution in [0.5, 0.6) is 0 Å². The van der Waals surface area contributed by atoms with Crippen molar-refractivity contribution >= 4 is 18.3 Å². The number of amides is 1. The summed E-state index contributed by atoms with van der Waals surface area (Å²) in [5.41, 5.74) is 7.28. The number of nitrogens with zero attached hydrogens (tertiary/aromatic N) is 1. The van der Waals surface area contributed by atoms with E-state index in [4.69, 9.17) is 5.73 Å². The zero-order valence-corrected chi connectivity index (χ0v) is 14.6. The van der Waals surface area contributed by atoms with Crippen LogP contribution in [0.15, 0.2) is 30.3 Å². The summed E-state index contributed by atoms with van der Waals surface area (Å²) in [7, 11) is 0. The molecule has 4 heteroatoms. The number of hydrogen-bond donors (Lipinski definition) is 1. The summed E-state index contributed by atoms with van der Waals surface area (Å²) in [5.74, 6) is 1.59. The number of nitrogens with two attached hydrogens (primary N) is 1. The van der Waals surface area contributed by atoms with Crippen molar-refractivity contribution in [1.82, 2.24) is 4.90 Å². The van der Waals surface area contributed by atoms with Crippen molar-refractivity contribution in [3.8, 4) is 0 Å². The van der Waals surface area contributed by atoms with Gasteiger partial charge in [0.2, 0.25) is 5.91 Å². The van der Waals surface area contributed by atoms with Crippen LogP contribution in [0.1, 0.15) is 50.0 Å². The third-order valence-electron chi connectivity index (χ3n) is 5.59. The van der Waals surface area contributed by atoms with Gasteiger partial charge in [0.1, 0.15) is 0 Å². The first-order chi connectivity index (χ1) is 10.8. The van der Waals surface area contributed by atoms with Crippen LogP contribution in [0, 0.1) is 11.8 Å². The predicted molar refractivity (Wildman–Crippen MR) is 96.7 cm³/mol. The molecular formula is C19H29ClN2O. The Bertz CT molecular complexity index is 493. The first-order valence-corrected chi connectivity index (χ1v) is 8.83. The first kappa shape index (κ1) is 18.3. The Balaban J connectivity index is 0.00000192. The largest absolute Gasteiger partial charge is 0.342 e. The molecule has 0 bridgehead atoms. The summed E-state index contributed by atoms with van der Waals surface area (Å²) in [4.78, 5) is 15.0. The first-order valence-electron chi connectivity index (χ1n) is 8.83. The van der Waals surface area contributed by atoms with E-state index in [1.165, 1.54) is 18.4 Å². The van der Waals surface area contributed by atoms with Gasteiger partial charge in [-0.2, -0.15) is 0 Å². The SMILES string of the molecule is Cl.NC[C@H]1CCC[C@H]1C(=O)N1CCCC(c2ccccc2)CC1. The minimum Gasteiger partial charge on any atom is -0.342 e. The monoisotopic (exact) mass is 336 g/mol. The molecule has 2 N–H and O–H groups in total. The molecule has 3 nitrogen and oxygen atoms in total. The van der Waals surface area contributed by atoms with Crippen molar-refractivity contribution in [2.75, 3.05) is 19.6 Å². The lowest BCUT2D eigenvalue weighted by Crippen LogP contribution is -2.39. The molecule has 128 valence electrons. The Kier molecular flexibility index (Phi) is 6.91. The maximum absolute atomic E-state index is 12.8. The van der Waals surface area contributed by atoms with Crippen molar-refractivity contribution in [3.63, 3.8) is 0 Å².